The molecule has 2 aliphatic heterocycles. The second-order valence-electron chi connectivity index (χ2n) is 9.73. The minimum Gasteiger partial charge on any atom is -0.495 e. The molecule has 8 nitrogen and oxygen atoms in total. The zero-order valence-electron chi connectivity index (χ0n) is 21.5. The highest BCUT2D eigenvalue weighted by molar-refractivity contribution is 6.31. The molecule has 8 heteroatoms. The molecule has 0 aromatic heterocycles. The number of para-hydroxylation sites is 2. The smallest absolute Gasteiger partial charge is 0.422 e. The fraction of sp³-hybridized carbons (Fsp3) is 0.300. The Morgan fingerprint density at radius 2 is 1.50 bits per heavy atom. The molecule has 1 atom stereocenters. The van der Waals surface area contributed by atoms with Gasteiger partial charge in [-0.3, -0.25) is 14.6 Å². The van der Waals surface area contributed by atoms with Crippen molar-refractivity contribution in [1.29, 1.82) is 0 Å². The summed E-state index contributed by atoms with van der Waals surface area (Å²) in [5.74, 6) is -3.07. The monoisotopic (exact) mass is 514 g/mol. The van der Waals surface area contributed by atoms with E-state index < -0.39 is 23.3 Å². The van der Waals surface area contributed by atoms with Crippen LogP contribution >= 0.6 is 0 Å². The highest BCUT2D eigenvalue weighted by Crippen LogP contribution is 2.39. The zero-order valence-corrected chi connectivity index (χ0v) is 21.5. The van der Waals surface area contributed by atoms with Gasteiger partial charge >= 0.3 is 17.8 Å². The first kappa shape index (κ1) is 25.5. The highest BCUT2D eigenvalue weighted by atomic mass is 16.8. The van der Waals surface area contributed by atoms with E-state index in [0.717, 1.165) is 5.56 Å². The summed E-state index contributed by atoms with van der Waals surface area (Å²) in [6, 6.07) is 26.4. The van der Waals surface area contributed by atoms with Crippen LogP contribution in [-0.4, -0.2) is 61.8 Å². The summed E-state index contributed by atoms with van der Waals surface area (Å²) in [6.45, 7) is 3.62. The predicted octanol–water partition coefficient (Wildman–Crippen LogP) is 3.80. The van der Waals surface area contributed by atoms with Gasteiger partial charge in [0.15, 0.2) is 5.78 Å². The number of hydrogen-bond acceptors (Lipinski definition) is 8. The second-order valence-corrected chi connectivity index (χ2v) is 9.73. The van der Waals surface area contributed by atoms with Gasteiger partial charge in [0.25, 0.3) is 0 Å². The van der Waals surface area contributed by atoms with Crippen molar-refractivity contribution in [1.82, 2.24) is 4.90 Å². The summed E-state index contributed by atoms with van der Waals surface area (Å²) in [4.78, 5) is 42.1. The molecule has 2 fully saturated rings. The number of benzene rings is 3. The lowest BCUT2D eigenvalue weighted by molar-refractivity contribution is -0.193. The van der Waals surface area contributed by atoms with E-state index in [9.17, 15) is 14.4 Å². The number of ketones is 1. The van der Waals surface area contributed by atoms with E-state index in [-0.39, 0.29) is 12.3 Å². The molecule has 2 heterocycles. The molecule has 0 bridgehead atoms. The van der Waals surface area contributed by atoms with Crippen molar-refractivity contribution >= 4 is 23.4 Å². The third-order valence-corrected chi connectivity index (χ3v) is 7.40. The van der Waals surface area contributed by atoms with E-state index in [1.54, 1.807) is 18.1 Å². The molecule has 0 N–H and O–H groups in total. The van der Waals surface area contributed by atoms with E-state index in [1.165, 1.54) is 0 Å². The van der Waals surface area contributed by atoms with Gasteiger partial charge in [0, 0.05) is 18.7 Å². The summed E-state index contributed by atoms with van der Waals surface area (Å²) in [6.07, 6.45) is 0.511. The van der Waals surface area contributed by atoms with Crippen LogP contribution in [0.1, 0.15) is 29.3 Å². The number of methoxy groups -OCH3 is 1. The van der Waals surface area contributed by atoms with Crippen molar-refractivity contribution in [2.24, 2.45) is 0 Å². The molecule has 0 amide bonds. The van der Waals surface area contributed by atoms with Crippen molar-refractivity contribution < 1.29 is 28.6 Å². The molecule has 0 aliphatic carbocycles. The van der Waals surface area contributed by atoms with Crippen LogP contribution in [0, 0.1) is 0 Å². The lowest BCUT2D eigenvalue weighted by Gasteiger charge is -2.46. The summed E-state index contributed by atoms with van der Waals surface area (Å²) in [5, 5.41) is 0. The Morgan fingerprint density at radius 3 is 2.16 bits per heavy atom. The lowest BCUT2D eigenvalue weighted by atomic mass is 9.73. The van der Waals surface area contributed by atoms with E-state index in [2.05, 4.69) is 4.90 Å². The van der Waals surface area contributed by atoms with Crippen LogP contribution in [0.4, 0.5) is 5.69 Å². The van der Waals surface area contributed by atoms with Gasteiger partial charge in [-0.25, -0.2) is 9.59 Å². The first-order valence-electron chi connectivity index (χ1n) is 12.6. The second kappa shape index (κ2) is 10.3. The molecule has 38 heavy (non-hydrogen) atoms. The topological polar surface area (TPSA) is 85.4 Å². The lowest BCUT2D eigenvalue weighted by Crippen LogP contribution is -2.64. The predicted molar refractivity (Wildman–Crippen MR) is 141 cm³/mol. The molecule has 1 spiro atoms. The summed E-state index contributed by atoms with van der Waals surface area (Å²) < 4.78 is 16.7. The van der Waals surface area contributed by atoms with Crippen LogP contribution in [0.2, 0.25) is 0 Å². The number of esters is 2. The van der Waals surface area contributed by atoms with Gasteiger partial charge in [0.2, 0.25) is 0 Å². The van der Waals surface area contributed by atoms with Crippen molar-refractivity contribution in [2.75, 3.05) is 38.2 Å². The van der Waals surface area contributed by atoms with Crippen LogP contribution in [0.15, 0.2) is 84.9 Å². The molecular weight excluding hydrogens is 484 g/mol. The van der Waals surface area contributed by atoms with Gasteiger partial charge in [-0.2, -0.15) is 0 Å². The number of carbonyl (C=O) groups is 3. The molecule has 0 radical (unpaired) electrons. The Kier molecular flexibility index (Phi) is 6.91. The van der Waals surface area contributed by atoms with E-state index in [0.29, 0.717) is 43.1 Å². The standard InChI is InChI=1S/C30H30N2O6/c1-29(23-13-7-4-8-14-23,26(33)22-11-5-3-6-12-22)17-18-31-19-20-32(24-15-9-10-16-25(24)36-2)30(21-31)37-27(34)28(35)38-30/h3-16H,17-21H2,1-2H3. The number of Topliss-reactive ketones (excluding diaryl/α,β-unsaturated/α-hetero) is 1. The Hall–Kier alpha value is -4.17. The first-order chi connectivity index (χ1) is 18.4. The van der Waals surface area contributed by atoms with Gasteiger partial charge in [-0.1, -0.05) is 72.8 Å². The van der Waals surface area contributed by atoms with Crippen LogP contribution in [0.5, 0.6) is 5.75 Å². The molecule has 1 unspecified atom stereocenters. The fourth-order valence-electron chi connectivity index (χ4n) is 5.26. The first-order valence-corrected chi connectivity index (χ1v) is 12.6. The number of hydrogen-bond donors (Lipinski definition) is 0. The quantitative estimate of drug-likeness (QED) is 0.255. The number of piperazine rings is 1. The largest absolute Gasteiger partial charge is 0.495 e. The maximum atomic E-state index is 13.8. The normalized spacial score (nSPS) is 18.5. The van der Waals surface area contributed by atoms with Crippen LogP contribution in [-0.2, 0) is 24.5 Å². The average molecular weight is 515 g/mol. The number of carbonyl (C=O) groups excluding carboxylic acids is 3. The van der Waals surface area contributed by atoms with E-state index in [1.807, 2.05) is 85.8 Å². The minimum atomic E-state index is -1.62. The molecule has 2 saturated heterocycles. The van der Waals surface area contributed by atoms with Gasteiger partial charge in [0.05, 0.1) is 24.8 Å². The van der Waals surface area contributed by atoms with Gasteiger partial charge in [0.1, 0.15) is 5.75 Å². The minimum absolute atomic E-state index is 0.0328. The molecule has 3 aromatic carbocycles. The average Bonchev–Trinajstić information content (AvgIpc) is 3.24. The van der Waals surface area contributed by atoms with Crippen LogP contribution in [0.25, 0.3) is 0 Å². The van der Waals surface area contributed by atoms with Gasteiger partial charge in [-0.15, -0.1) is 0 Å². The van der Waals surface area contributed by atoms with E-state index >= 15 is 0 Å². The summed E-state index contributed by atoms with van der Waals surface area (Å²) >= 11 is 0. The number of rotatable bonds is 8. The van der Waals surface area contributed by atoms with Crippen molar-refractivity contribution in [3.05, 3.63) is 96.1 Å². The Labute approximate surface area is 221 Å². The molecule has 2 aliphatic rings. The third kappa shape index (κ3) is 4.63. The number of nitrogens with zero attached hydrogens (tertiary/aromatic N) is 2. The SMILES string of the molecule is COc1ccccc1N1CCN(CCC(C)(C(=O)c2ccccc2)c2ccccc2)CC12OC(=O)C(=O)O2. The summed E-state index contributed by atoms with van der Waals surface area (Å²) in [5.41, 5.74) is 1.44. The van der Waals surface area contributed by atoms with Crippen molar-refractivity contribution in [3.8, 4) is 5.75 Å². The third-order valence-electron chi connectivity index (χ3n) is 7.40. The number of ether oxygens (including phenoxy) is 3. The Balaban J connectivity index is 1.42. The molecular formula is C30H30N2O6. The molecule has 0 saturated carbocycles. The van der Waals surface area contributed by atoms with Crippen molar-refractivity contribution in [3.63, 3.8) is 0 Å². The van der Waals surface area contributed by atoms with E-state index in [4.69, 9.17) is 14.2 Å². The van der Waals surface area contributed by atoms with Gasteiger partial charge in [-0.05, 0) is 37.6 Å². The van der Waals surface area contributed by atoms with Gasteiger partial charge < -0.3 is 14.2 Å². The molecule has 5 rings (SSSR count). The van der Waals surface area contributed by atoms with Crippen molar-refractivity contribution in [2.45, 2.75) is 24.7 Å². The fourth-order valence-corrected chi connectivity index (χ4v) is 5.26. The molecule has 3 aromatic rings. The molecule has 196 valence electrons. The zero-order chi connectivity index (χ0) is 26.8. The Bertz CT molecular complexity index is 1310. The van der Waals surface area contributed by atoms with Crippen LogP contribution < -0.4 is 9.64 Å². The number of anilines is 1. The van der Waals surface area contributed by atoms with Crippen LogP contribution in [0.3, 0.4) is 0 Å². The summed E-state index contributed by atoms with van der Waals surface area (Å²) in [7, 11) is 1.56. The maximum absolute atomic E-state index is 13.8. The maximum Gasteiger partial charge on any atom is 0.422 e. The highest BCUT2D eigenvalue weighted by Gasteiger charge is 2.56. The Morgan fingerprint density at radius 1 is 0.895 bits per heavy atom.